The molecule has 0 unspecified atom stereocenters. The highest BCUT2D eigenvalue weighted by molar-refractivity contribution is 5.67. The van der Waals surface area contributed by atoms with E-state index in [0.29, 0.717) is 0 Å². The minimum atomic E-state index is -0.720. The van der Waals surface area contributed by atoms with Crippen molar-refractivity contribution >= 4 is 5.97 Å². The summed E-state index contributed by atoms with van der Waals surface area (Å²) in [5, 5.41) is 8.44. The Morgan fingerprint density at radius 2 is 2.30 bits per heavy atom. The number of aliphatic carboxylic acids is 1. The molecule has 2 atom stereocenters. The summed E-state index contributed by atoms with van der Waals surface area (Å²) in [7, 11) is 0. The van der Waals surface area contributed by atoms with Crippen molar-refractivity contribution in [1.29, 1.82) is 0 Å². The topological polar surface area (TPSA) is 63.3 Å². The van der Waals surface area contributed by atoms with Crippen molar-refractivity contribution in [3.8, 4) is 0 Å². The van der Waals surface area contributed by atoms with E-state index in [0.717, 1.165) is 19.3 Å². The molecule has 10 heavy (non-hydrogen) atoms. The first kappa shape index (κ1) is 7.54. The Hall–Kier alpha value is -0.570. The van der Waals surface area contributed by atoms with Gasteiger partial charge >= 0.3 is 5.97 Å². The molecular formula is C7H13NO2. The predicted octanol–water partition coefficient (Wildman–Crippen LogP) is 0.588. The highest BCUT2D eigenvalue weighted by Gasteiger charge is 2.25. The van der Waals surface area contributed by atoms with Gasteiger partial charge in [0.1, 0.15) is 0 Å². The third-order valence-corrected chi connectivity index (χ3v) is 2.15. The van der Waals surface area contributed by atoms with Gasteiger partial charge < -0.3 is 10.8 Å². The molecule has 3 heteroatoms. The Labute approximate surface area is 60.2 Å². The lowest BCUT2D eigenvalue weighted by Gasteiger charge is -2.11. The van der Waals surface area contributed by atoms with Crippen LogP contribution < -0.4 is 5.73 Å². The van der Waals surface area contributed by atoms with Crippen LogP contribution >= 0.6 is 0 Å². The third kappa shape index (κ3) is 1.70. The highest BCUT2D eigenvalue weighted by atomic mass is 16.4. The van der Waals surface area contributed by atoms with Crippen LogP contribution in [0.25, 0.3) is 0 Å². The van der Waals surface area contributed by atoms with E-state index in [2.05, 4.69) is 0 Å². The van der Waals surface area contributed by atoms with E-state index in [-0.39, 0.29) is 18.4 Å². The maximum absolute atomic E-state index is 10.2. The second-order valence-electron chi connectivity index (χ2n) is 2.95. The monoisotopic (exact) mass is 143 g/mol. The lowest BCUT2D eigenvalue weighted by atomic mass is 10.0. The molecule has 0 aromatic heterocycles. The molecule has 0 saturated heterocycles. The van der Waals surface area contributed by atoms with Crippen LogP contribution in [0.2, 0.25) is 0 Å². The van der Waals surface area contributed by atoms with Crippen molar-refractivity contribution in [2.24, 2.45) is 11.7 Å². The predicted molar refractivity (Wildman–Crippen MR) is 37.6 cm³/mol. The van der Waals surface area contributed by atoms with Gasteiger partial charge in [-0.3, -0.25) is 4.79 Å². The van der Waals surface area contributed by atoms with Gasteiger partial charge in [-0.25, -0.2) is 0 Å². The fraction of sp³-hybridized carbons (Fsp3) is 0.857. The molecular weight excluding hydrogens is 130 g/mol. The zero-order valence-electron chi connectivity index (χ0n) is 5.92. The fourth-order valence-corrected chi connectivity index (χ4v) is 1.54. The summed E-state index contributed by atoms with van der Waals surface area (Å²) < 4.78 is 0. The molecule has 1 fully saturated rings. The van der Waals surface area contributed by atoms with E-state index in [1.54, 1.807) is 0 Å². The third-order valence-electron chi connectivity index (χ3n) is 2.15. The zero-order valence-corrected chi connectivity index (χ0v) is 5.92. The Balaban J connectivity index is 2.33. The van der Waals surface area contributed by atoms with Crippen LogP contribution in [-0.2, 0) is 4.79 Å². The second-order valence-corrected chi connectivity index (χ2v) is 2.95. The highest BCUT2D eigenvalue weighted by Crippen LogP contribution is 2.26. The minimum Gasteiger partial charge on any atom is -0.481 e. The van der Waals surface area contributed by atoms with Crippen molar-refractivity contribution in [2.45, 2.75) is 31.7 Å². The molecule has 1 saturated carbocycles. The van der Waals surface area contributed by atoms with Crippen molar-refractivity contribution in [3.63, 3.8) is 0 Å². The van der Waals surface area contributed by atoms with Crippen LogP contribution in [0, 0.1) is 5.92 Å². The molecule has 0 radical (unpaired) electrons. The normalized spacial score (nSPS) is 32.5. The first-order valence-electron chi connectivity index (χ1n) is 3.67. The second kappa shape index (κ2) is 3.01. The Kier molecular flexibility index (Phi) is 2.27. The van der Waals surface area contributed by atoms with Crippen molar-refractivity contribution in [2.75, 3.05) is 0 Å². The number of carbonyl (C=O) groups is 1. The van der Waals surface area contributed by atoms with E-state index in [1.807, 2.05) is 0 Å². The van der Waals surface area contributed by atoms with E-state index in [1.165, 1.54) is 0 Å². The van der Waals surface area contributed by atoms with Gasteiger partial charge in [0, 0.05) is 12.5 Å². The van der Waals surface area contributed by atoms with Gasteiger partial charge in [-0.15, -0.1) is 0 Å². The molecule has 0 aromatic carbocycles. The first-order valence-corrected chi connectivity index (χ1v) is 3.67. The van der Waals surface area contributed by atoms with E-state index in [4.69, 9.17) is 10.8 Å². The summed E-state index contributed by atoms with van der Waals surface area (Å²) in [6.45, 7) is 0. The molecule has 3 N–H and O–H groups in total. The first-order chi connectivity index (χ1) is 4.70. The van der Waals surface area contributed by atoms with Crippen LogP contribution in [0.3, 0.4) is 0 Å². The molecule has 1 rings (SSSR count). The summed E-state index contributed by atoms with van der Waals surface area (Å²) in [5.41, 5.74) is 5.66. The lowest BCUT2D eigenvalue weighted by Crippen LogP contribution is -2.26. The number of rotatable bonds is 2. The molecule has 3 nitrogen and oxygen atoms in total. The van der Waals surface area contributed by atoms with Crippen LogP contribution in [0.15, 0.2) is 0 Å². The van der Waals surface area contributed by atoms with Crippen LogP contribution in [0.1, 0.15) is 25.7 Å². The quantitative estimate of drug-likeness (QED) is 0.594. The van der Waals surface area contributed by atoms with Gasteiger partial charge in [-0.05, 0) is 18.8 Å². The van der Waals surface area contributed by atoms with Crippen molar-refractivity contribution < 1.29 is 9.90 Å². The molecule has 58 valence electrons. The van der Waals surface area contributed by atoms with Crippen LogP contribution in [-0.4, -0.2) is 17.1 Å². The SMILES string of the molecule is N[C@H]1CCC[C@@H]1CC(=O)O. The summed E-state index contributed by atoms with van der Waals surface area (Å²) in [5.74, 6) is -0.486. The Morgan fingerprint density at radius 1 is 1.60 bits per heavy atom. The molecule has 0 aromatic rings. The Morgan fingerprint density at radius 3 is 2.70 bits per heavy atom. The number of hydrogen-bond donors (Lipinski definition) is 2. The van der Waals surface area contributed by atoms with Crippen molar-refractivity contribution in [3.05, 3.63) is 0 Å². The maximum Gasteiger partial charge on any atom is 0.303 e. The standard InChI is InChI=1S/C7H13NO2/c8-6-3-1-2-5(6)4-7(9)10/h5-6H,1-4,8H2,(H,9,10)/t5-,6+/m1/s1. The molecule has 0 spiro atoms. The van der Waals surface area contributed by atoms with Crippen LogP contribution in [0.4, 0.5) is 0 Å². The number of nitrogens with two attached hydrogens (primary N) is 1. The molecule has 1 aliphatic carbocycles. The number of carboxylic acid groups (broad SMARTS) is 1. The van der Waals surface area contributed by atoms with Gasteiger partial charge in [0.25, 0.3) is 0 Å². The van der Waals surface area contributed by atoms with Gasteiger partial charge in [0.15, 0.2) is 0 Å². The fourth-order valence-electron chi connectivity index (χ4n) is 1.54. The maximum atomic E-state index is 10.2. The molecule has 0 heterocycles. The summed E-state index contributed by atoms with van der Waals surface area (Å²) >= 11 is 0. The van der Waals surface area contributed by atoms with E-state index in [9.17, 15) is 4.79 Å². The molecule has 1 aliphatic rings. The average Bonchev–Trinajstić information content (AvgIpc) is 2.15. The molecule has 0 aliphatic heterocycles. The number of hydrogen-bond acceptors (Lipinski definition) is 2. The van der Waals surface area contributed by atoms with Gasteiger partial charge in [-0.2, -0.15) is 0 Å². The average molecular weight is 143 g/mol. The number of carboxylic acids is 1. The summed E-state index contributed by atoms with van der Waals surface area (Å²) in [6.07, 6.45) is 3.34. The Bertz CT molecular complexity index is 136. The van der Waals surface area contributed by atoms with E-state index < -0.39 is 5.97 Å². The summed E-state index contributed by atoms with van der Waals surface area (Å²) in [6, 6.07) is 0.135. The van der Waals surface area contributed by atoms with Crippen molar-refractivity contribution in [1.82, 2.24) is 0 Å². The lowest BCUT2D eigenvalue weighted by molar-refractivity contribution is -0.138. The van der Waals surface area contributed by atoms with Gasteiger partial charge in [0.2, 0.25) is 0 Å². The van der Waals surface area contributed by atoms with E-state index >= 15 is 0 Å². The van der Waals surface area contributed by atoms with Gasteiger partial charge in [0.05, 0.1) is 0 Å². The molecule has 0 bridgehead atoms. The minimum absolute atomic E-state index is 0.135. The molecule has 0 amide bonds. The summed E-state index contributed by atoms with van der Waals surface area (Å²) in [4.78, 5) is 10.2. The van der Waals surface area contributed by atoms with Crippen LogP contribution in [0.5, 0.6) is 0 Å². The van der Waals surface area contributed by atoms with Gasteiger partial charge in [-0.1, -0.05) is 6.42 Å². The zero-order chi connectivity index (χ0) is 7.56. The largest absolute Gasteiger partial charge is 0.481 e. The smallest absolute Gasteiger partial charge is 0.303 e.